The van der Waals surface area contributed by atoms with Crippen molar-refractivity contribution in [1.29, 1.82) is 0 Å². The van der Waals surface area contributed by atoms with Gasteiger partial charge in [-0.1, -0.05) is 36.4 Å². The number of carbonyl (C=O) groups excluding carboxylic acids is 2. The van der Waals surface area contributed by atoms with Crippen LogP contribution in [0.2, 0.25) is 0 Å². The van der Waals surface area contributed by atoms with Crippen LogP contribution >= 0.6 is 11.8 Å². The number of amides is 2. The molecule has 0 radical (unpaired) electrons. The average molecular weight is 545 g/mol. The van der Waals surface area contributed by atoms with Gasteiger partial charge in [-0.3, -0.25) is 9.59 Å². The zero-order valence-electron chi connectivity index (χ0n) is 20.1. The van der Waals surface area contributed by atoms with Crippen LogP contribution in [0.5, 0.6) is 0 Å². The van der Waals surface area contributed by atoms with Crippen LogP contribution in [0.25, 0.3) is 0 Å². The van der Waals surface area contributed by atoms with Crippen LogP contribution in [0, 0.1) is 5.82 Å². The lowest BCUT2D eigenvalue weighted by molar-refractivity contribution is -0.115. The number of halogens is 1. The molecule has 4 rings (SSSR count). The van der Waals surface area contributed by atoms with Gasteiger partial charge in [0.05, 0.1) is 16.7 Å². The smallest absolute Gasteiger partial charge is 0.336 e. The molecule has 0 saturated carbocycles. The number of aromatic carboxylic acids is 2. The molecular weight excluding hydrogens is 523 g/mol. The fourth-order valence-electron chi connectivity index (χ4n) is 3.68. The molecule has 10 heteroatoms. The molecular formula is C29H21FN2O6S. The number of anilines is 2. The summed E-state index contributed by atoms with van der Waals surface area (Å²) in [6, 6.07) is 24.4. The van der Waals surface area contributed by atoms with E-state index in [4.69, 9.17) is 5.11 Å². The van der Waals surface area contributed by atoms with Crippen molar-refractivity contribution in [3.05, 3.63) is 125 Å². The maximum atomic E-state index is 13.3. The summed E-state index contributed by atoms with van der Waals surface area (Å²) < 4.78 is 13.3. The van der Waals surface area contributed by atoms with Crippen LogP contribution in [0.4, 0.5) is 15.8 Å². The van der Waals surface area contributed by atoms with Crippen molar-refractivity contribution in [3.8, 4) is 0 Å². The summed E-state index contributed by atoms with van der Waals surface area (Å²) in [6.45, 7) is 0. The van der Waals surface area contributed by atoms with Crippen LogP contribution in [0.3, 0.4) is 0 Å². The second-order valence-corrected chi connectivity index (χ2v) is 9.44. The predicted molar refractivity (Wildman–Crippen MR) is 145 cm³/mol. The Labute approximate surface area is 226 Å². The average Bonchev–Trinajstić information content (AvgIpc) is 2.93. The number of carboxylic acids is 2. The van der Waals surface area contributed by atoms with E-state index >= 15 is 0 Å². The second-order valence-electron chi connectivity index (χ2n) is 8.26. The summed E-state index contributed by atoms with van der Waals surface area (Å²) in [7, 11) is 0. The molecule has 0 aromatic heterocycles. The van der Waals surface area contributed by atoms with E-state index in [1.807, 2.05) is 18.2 Å². The van der Waals surface area contributed by atoms with Crippen LogP contribution in [0.1, 0.15) is 41.9 Å². The molecule has 4 aromatic carbocycles. The molecule has 8 nitrogen and oxygen atoms in total. The van der Waals surface area contributed by atoms with Crippen molar-refractivity contribution < 1.29 is 33.8 Å². The lowest BCUT2D eigenvalue weighted by Crippen LogP contribution is -2.19. The quantitative estimate of drug-likeness (QED) is 0.192. The molecule has 0 aliphatic carbocycles. The molecule has 39 heavy (non-hydrogen) atoms. The second kappa shape index (κ2) is 12.1. The third-order valence-corrected chi connectivity index (χ3v) is 6.79. The molecule has 0 fully saturated rings. The van der Waals surface area contributed by atoms with Crippen LogP contribution in [-0.4, -0.2) is 34.0 Å². The van der Waals surface area contributed by atoms with Gasteiger partial charge in [0.15, 0.2) is 0 Å². The summed E-state index contributed by atoms with van der Waals surface area (Å²) in [4.78, 5) is 49.6. The van der Waals surface area contributed by atoms with E-state index < -0.39 is 34.5 Å². The molecule has 0 saturated heterocycles. The Hall–Kier alpha value is -4.96. The number of rotatable bonds is 9. The topological polar surface area (TPSA) is 133 Å². The Morgan fingerprint density at radius 1 is 0.692 bits per heavy atom. The van der Waals surface area contributed by atoms with E-state index in [1.165, 1.54) is 36.0 Å². The highest BCUT2D eigenvalue weighted by molar-refractivity contribution is 8.00. The first-order valence-corrected chi connectivity index (χ1v) is 12.4. The Morgan fingerprint density at radius 2 is 1.41 bits per heavy atom. The highest BCUT2D eigenvalue weighted by Crippen LogP contribution is 2.37. The first-order chi connectivity index (χ1) is 18.7. The van der Waals surface area contributed by atoms with E-state index in [0.717, 1.165) is 23.8 Å². The Kier molecular flexibility index (Phi) is 8.37. The summed E-state index contributed by atoms with van der Waals surface area (Å²) >= 11 is 1.23. The highest BCUT2D eigenvalue weighted by Gasteiger charge is 2.23. The van der Waals surface area contributed by atoms with Gasteiger partial charge in [0.1, 0.15) is 11.1 Å². The van der Waals surface area contributed by atoms with Crippen molar-refractivity contribution in [2.45, 2.75) is 10.1 Å². The molecule has 0 bridgehead atoms. The van der Waals surface area contributed by atoms with Crippen molar-refractivity contribution in [3.63, 3.8) is 0 Å². The van der Waals surface area contributed by atoms with Gasteiger partial charge in [0.25, 0.3) is 5.91 Å². The Bertz CT molecular complexity index is 1540. The van der Waals surface area contributed by atoms with Crippen molar-refractivity contribution in [2.75, 3.05) is 10.6 Å². The normalized spacial score (nSPS) is 11.3. The van der Waals surface area contributed by atoms with Crippen molar-refractivity contribution in [2.24, 2.45) is 0 Å². The molecule has 0 spiro atoms. The number of thioether (sulfide) groups is 1. The van der Waals surface area contributed by atoms with Gasteiger partial charge in [-0.25, -0.2) is 14.0 Å². The third kappa shape index (κ3) is 6.88. The highest BCUT2D eigenvalue weighted by atomic mass is 32.2. The molecule has 0 aliphatic rings. The third-order valence-electron chi connectivity index (χ3n) is 5.54. The van der Waals surface area contributed by atoms with Crippen molar-refractivity contribution >= 4 is 46.9 Å². The maximum Gasteiger partial charge on any atom is 0.336 e. The molecule has 196 valence electrons. The summed E-state index contributed by atoms with van der Waals surface area (Å²) in [6.07, 6.45) is 0. The van der Waals surface area contributed by atoms with E-state index in [-0.39, 0.29) is 17.0 Å². The van der Waals surface area contributed by atoms with Crippen LogP contribution in [0.15, 0.2) is 102 Å². The lowest BCUT2D eigenvalue weighted by atomic mass is 10.0. The lowest BCUT2D eigenvalue weighted by Gasteiger charge is -2.18. The maximum absolute atomic E-state index is 13.3. The summed E-state index contributed by atoms with van der Waals surface area (Å²) in [5, 5.41) is 23.3. The van der Waals surface area contributed by atoms with Gasteiger partial charge < -0.3 is 20.8 Å². The van der Waals surface area contributed by atoms with Gasteiger partial charge in [-0.2, -0.15) is 0 Å². The number of hydrogen-bond acceptors (Lipinski definition) is 5. The number of benzene rings is 4. The van der Waals surface area contributed by atoms with Gasteiger partial charge in [0.2, 0.25) is 5.91 Å². The zero-order valence-corrected chi connectivity index (χ0v) is 20.9. The van der Waals surface area contributed by atoms with Gasteiger partial charge in [0, 0.05) is 16.3 Å². The summed E-state index contributed by atoms with van der Waals surface area (Å²) in [5.74, 6) is -4.25. The van der Waals surface area contributed by atoms with E-state index in [0.29, 0.717) is 16.3 Å². The van der Waals surface area contributed by atoms with Gasteiger partial charge in [-0.05, 0) is 66.2 Å². The first kappa shape index (κ1) is 27.1. The zero-order chi connectivity index (χ0) is 27.9. The minimum absolute atomic E-state index is 0.202. The number of nitrogens with one attached hydrogen (secondary N) is 2. The summed E-state index contributed by atoms with van der Waals surface area (Å²) in [5.41, 5.74) is 0.599. The Morgan fingerprint density at radius 3 is 2.08 bits per heavy atom. The fourth-order valence-corrected chi connectivity index (χ4v) is 4.76. The predicted octanol–water partition coefficient (Wildman–Crippen LogP) is 5.95. The largest absolute Gasteiger partial charge is 0.478 e. The minimum Gasteiger partial charge on any atom is -0.478 e. The molecule has 0 heterocycles. The minimum atomic E-state index is -1.44. The van der Waals surface area contributed by atoms with Gasteiger partial charge >= 0.3 is 11.9 Å². The van der Waals surface area contributed by atoms with E-state index in [1.54, 1.807) is 36.4 Å². The number of carbonyl (C=O) groups is 4. The molecule has 4 aromatic rings. The van der Waals surface area contributed by atoms with E-state index in [9.17, 15) is 28.7 Å². The van der Waals surface area contributed by atoms with Crippen LogP contribution in [-0.2, 0) is 4.79 Å². The fraction of sp³-hybridized carbons (Fsp3) is 0.0345. The van der Waals surface area contributed by atoms with E-state index in [2.05, 4.69) is 10.6 Å². The standard InChI is InChI=1S/C29H21FN2O6S/c30-19-10-12-20(13-11-19)31-27(34)25(17-5-2-1-3-6-17)39-22-8-4-7-21(16-22)32-26(33)23-14-9-18(28(35)36)15-24(23)29(37)38/h1-16,25H,(H,31,34)(H,32,33)(H,35,36)(H,37,38). The molecule has 1 atom stereocenters. The Balaban J connectivity index is 1.56. The number of hydrogen-bond donors (Lipinski definition) is 4. The van der Waals surface area contributed by atoms with Crippen molar-refractivity contribution in [1.82, 2.24) is 0 Å². The monoisotopic (exact) mass is 544 g/mol. The number of carboxylic acid groups (broad SMARTS) is 2. The first-order valence-electron chi connectivity index (χ1n) is 11.5. The molecule has 4 N–H and O–H groups in total. The molecule has 0 aliphatic heterocycles. The van der Waals surface area contributed by atoms with Crippen LogP contribution < -0.4 is 10.6 Å². The molecule has 2 amide bonds. The SMILES string of the molecule is O=C(O)c1ccc(C(=O)Nc2cccc(SC(C(=O)Nc3ccc(F)cc3)c3ccccc3)c2)c(C(=O)O)c1. The van der Waals surface area contributed by atoms with Gasteiger partial charge in [-0.15, -0.1) is 11.8 Å². The molecule has 1 unspecified atom stereocenters.